The number of aromatic nitrogens is 1. The van der Waals surface area contributed by atoms with Crippen LogP contribution in [0.2, 0.25) is 0 Å². The van der Waals surface area contributed by atoms with Crippen LogP contribution in [0.3, 0.4) is 0 Å². The van der Waals surface area contributed by atoms with E-state index in [1.165, 1.54) is 0 Å². The number of carboxylic acid groups (broad SMARTS) is 1. The van der Waals surface area contributed by atoms with Gasteiger partial charge in [0.1, 0.15) is 0 Å². The molecule has 4 nitrogen and oxygen atoms in total. The molecule has 0 bridgehead atoms. The Balaban J connectivity index is 2.45. The molecule has 18 heavy (non-hydrogen) atoms. The fourth-order valence-electron chi connectivity index (χ4n) is 2.06. The van der Waals surface area contributed by atoms with E-state index in [1.807, 2.05) is 35.0 Å². The third-order valence-electron chi connectivity index (χ3n) is 3.22. The molecule has 2 aromatic rings. The summed E-state index contributed by atoms with van der Waals surface area (Å²) in [5.74, 6) is -0.817. The first-order valence-electron chi connectivity index (χ1n) is 5.87. The molecule has 0 unspecified atom stereocenters. The van der Waals surface area contributed by atoms with E-state index in [9.17, 15) is 9.90 Å². The first-order valence-corrected chi connectivity index (χ1v) is 5.87. The van der Waals surface area contributed by atoms with Gasteiger partial charge in [-0.15, -0.1) is 0 Å². The second-order valence-corrected chi connectivity index (χ2v) is 5.14. The van der Waals surface area contributed by atoms with Gasteiger partial charge in [-0.1, -0.05) is 12.1 Å². The highest BCUT2D eigenvalue weighted by molar-refractivity contribution is 5.84. The molecule has 0 aliphatic heterocycles. The quantitative estimate of drug-likeness (QED) is 0.871. The third-order valence-corrected chi connectivity index (χ3v) is 3.22. The highest BCUT2D eigenvalue weighted by atomic mass is 16.4. The minimum atomic E-state index is -0.818. The Labute approximate surface area is 105 Å². The molecule has 0 aliphatic rings. The van der Waals surface area contributed by atoms with Crippen LogP contribution in [0.5, 0.6) is 0 Å². The zero-order valence-electron chi connectivity index (χ0n) is 10.6. The van der Waals surface area contributed by atoms with E-state index < -0.39 is 11.4 Å². The van der Waals surface area contributed by atoms with Gasteiger partial charge in [-0.2, -0.15) is 0 Å². The summed E-state index contributed by atoms with van der Waals surface area (Å²) >= 11 is 0. The van der Waals surface area contributed by atoms with Crippen LogP contribution in [-0.4, -0.2) is 20.7 Å². The number of aliphatic carboxylic acids is 1. The van der Waals surface area contributed by atoms with Gasteiger partial charge in [0.25, 0.3) is 0 Å². The first kappa shape index (κ1) is 12.6. The smallest absolute Gasteiger partial charge is 0.310 e. The van der Waals surface area contributed by atoms with Crippen molar-refractivity contribution in [3.63, 3.8) is 0 Å². The Morgan fingerprint density at radius 3 is 2.67 bits per heavy atom. The van der Waals surface area contributed by atoms with Crippen LogP contribution in [0, 0.1) is 5.41 Å². The number of aliphatic hydroxyl groups excluding tert-OH is 1. The van der Waals surface area contributed by atoms with E-state index in [4.69, 9.17) is 5.11 Å². The summed E-state index contributed by atoms with van der Waals surface area (Å²) in [6.07, 6.45) is 1.87. The van der Waals surface area contributed by atoms with Crippen LogP contribution in [0.1, 0.15) is 19.4 Å². The molecule has 0 fully saturated rings. The monoisotopic (exact) mass is 247 g/mol. The molecular formula is C14H17NO3. The van der Waals surface area contributed by atoms with Gasteiger partial charge in [0, 0.05) is 23.6 Å². The van der Waals surface area contributed by atoms with Crippen molar-refractivity contribution in [3.8, 4) is 0 Å². The van der Waals surface area contributed by atoms with Crippen LogP contribution >= 0.6 is 0 Å². The standard InChI is InChI=1S/C14H17NO3/c1-14(2,13(17)18)9-15-7-6-11-10(8-16)4-3-5-12(11)15/h3-7,16H,8-9H2,1-2H3,(H,17,18). The van der Waals surface area contributed by atoms with Gasteiger partial charge in [0.2, 0.25) is 0 Å². The molecule has 1 heterocycles. The van der Waals surface area contributed by atoms with Gasteiger partial charge < -0.3 is 14.8 Å². The molecule has 0 radical (unpaired) electrons. The SMILES string of the molecule is CC(C)(Cn1ccc2c(CO)cccc21)C(=O)O. The number of fused-ring (bicyclic) bond motifs is 1. The van der Waals surface area contributed by atoms with Crippen molar-refractivity contribution in [1.29, 1.82) is 0 Å². The summed E-state index contributed by atoms with van der Waals surface area (Å²) in [7, 11) is 0. The van der Waals surface area contributed by atoms with E-state index in [0.717, 1.165) is 16.5 Å². The minimum absolute atomic E-state index is 0.0102. The van der Waals surface area contributed by atoms with Crippen LogP contribution in [0.25, 0.3) is 10.9 Å². The predicted molar refractivity (Wildman–Crippen MR) is 69.3 cm³/mol. The Morgan fingerprint density at radius 1 is 1.33 bits per heavy atom. The van der Waals surface area contributed by atoms with Crippen LogP contribution in [0.4, 0.5) is 0 Å². The van der Waals surface area contributed by atoms with Crippen molar-refractivity contribution in [2.75, 3.05) is 0 Å². The number of rotatable bonds is 4. The Kier molecular flexibility index (Phi) is 3.13. The van der Waals surface area contributed by atoms with Crippen molar-refractivity contribution in [2.24, 2.45) is 5.41 Å². The molecule has 0 aliphatic carbocycles. The summed E-state index contributed by atoms with van der Waals surface area (Å²) in [4.78, 5) is 11.2. The van der Waals surface area contributed by atoms with Crippen LogP contribution in [0.15, 0.2) is 30.5 Å². The molecule has 2 N–H and O–H groups in total. The Morgan fingerprint density at radius 2 is 2.06 bits per heavy atom. The number of benzene rings is 1. The summed E-state index contributed by atoms with van der Waals surface area (Å²) in [5, 5.41) is 19.4. The fourth-order valence-corrected chi connectivity index (χ4v) is 2.06. The maximum Gasteiger partial charge on any atom is 0.310 e. The summed E-state index contributed by atoms with van der Waals surface area (Å²) in [6, 6.07) is 7.60. The predicted octanol–water partition coefficient (Wildman–Crippen LogP) is 2.24. The van der Waals surface area contributed by atoms with Gasteiger partial charge in [-0.25, -0.2) is 0 Å². The van der Waals surface area contributed by atoms with Crippen molar-refractivity contribution < 1.29 is 15.0 Å². The number of hydrogen-bond donors (Lipinski definition) is 2. The molecule has 0 spiro atoms. The molecule has 0 atom stereocenters. The summed E-state index contributed by atoms with van der Waals surface area (Å²) < 4.78 is 1.92. The number of aliphatic hydroxyl groups is 1. The van der Waals surface area contributed by atoms with Crippen molar-refractivity contribution in [2.45, 2.75) is 27.0 Å². The molecular weight excluding hydrogens is 230 g/mol. The van der Waals surface area contributed by atoms with E-state index in [0.29, 0.717) is 6.54 Å². The molecule has 2 rings (SSSR count). The lowest BCUT2D eigenvalue weighted by Gasteiger charge is -2.20. The van der Waals surface area contributed by atoms with E-state index in [-0.39, 0.29) is 6.61 Å². The zero-order chi connectivity index (χ0) is 13.3. The minimum Gasteiger partial charge on any atom is -0.481 e. The molecule has 96 valence electrons. The summed E-state index contributed by atoms with van der Waals surface area (Å²) in [6.45, 7) is 3.80. The van der Waals surface area contributed by atoms with E-state index in [1.54, 1.807) is 13.8 Å². The first-order chi connectivity index (χ1) is 8.45. The molecule has 0 amide bonds. The highest BCUT2D eigenvalue weighted by Gasteiger charge is 2.28. The van der Waals surface area contributed by atoms with Crippen molar-refractivity contribution >= 4 is 16.9 Å². The summed E-state index contributed by atoms with van der Waals surface area (Å²) in [5.41, 5.74) is 0.997. The average Bonchev–Trinajstić information content (AvgIpc) is 2.71. The molecule has 1 aromatic carbocycles. The number of carbonyl (C=O) groups is 1. The topological polar surface area (TPSA) is 62.5 Å². The normalized spacial score (nSPS) is 11.9. The molecule has 1 aromatic heterocycles. The van der Waals surface area contributed by atoms with Crippen molar-refractivity contribution in [3.05, 3.63) is 36.0 Å². The van der Waals surface area contributed by atoms with Crippen molar-refractivity contribution in [1.82, 2.24) is 4.57 Å². The maximum absolute atomic E-state index is 11.2. The van der Waals surface area contributed by atoms with Gasteiger partial charge in [-0.3, -0.25) is 4.79 Å². The lowest BCUT2D eigenvalue weighted by molar-refractivity contribution is -0.147. The van der Waals surface area contributed by atoms with Crippen LogP contribution < -0.4 is 0 Å². The fraction of sp³-hybridized carbons (Fsp3) is 0.357. The second-order valence-electron chi connectivity index (χ2n) is 5.14. The third kappa shape index (κ3) is 2.11. The highest BCUT2D eigenvalue weighted by Crippen LogP contribution is 2.25. The number of carboxylic acids is 1. The molecule has 0 saturated carbocycles. The zero-order valence-corrected chi connectivity index (χ0v) is 10.6. The lowest BCUT2D eigenvalue weighted by atomic mass is 9.94. The molecule has 4 heteroatoms. The number of hydrogen-bond acceptors (Lipinski definition) is 2. The Hall–Kier alpha value is -1.81. The van der Waals surface area contributed by atoms with E-state index in [2.05, 4.69) is 0 Å². The molecule has 0 saturated heterocycles. The number of nitrogens with zero attached hydrogens (tertiary/aromatic N) is 1. The lowest BCUT2D eigenvalue weighted by Crippen LogP contribution is -2.28. The average molecular weight is 247 g/mol. The largest absolute Gasteiger partial charge is 0.481 e. The van der Waals surface area contributed by atoms with E-state index >= 15 is 0 Å². The van der Waals surface area contributed by atoms with Crippen LogP contribution in [-0.2, 0) is 17.9 Å². The Bertz CT molecular complexity index is 584. The second kappa shape index (κ2) is 4.46. The maximum atomic E-state index is 11.2. The van der Waals surface area contributed by atoms with Gasteiger partial charge in [0.05, 0.1) is 12.0 Å². The van der Waals surface area contributed by atoms with Gasteiger partial charge >= 0.3 is 5.97 Å². The van der Waals surface area contributed by atoms with Gasteiger partial charge in [0.15, 0.2) is 0 Å². The van der Waals surface area contributed by atoms with Gasteiger partial charge in [-0.05, 0) is 31.5 Å².